The highest BCUT2D eigenvalue weighted by Gasteiger charge is 2.15. The Morgan fingerprint density at radius 1 is 0.700 bits per heavy atom. The number of hydrogen-bond acceptors (Lipinski definition) is 3. The molecule has 0 unspecified atom stereocenters. The molecule has 2 aromatic heterocycles. The molecule has 1 N–H and O–H groups in total. The van der Waals surface area contributed by atoms with Crippen molar-refractivity contribution in [2.24, 2.45) is 0 Å². The van der Waals surface area contributed by atoms with E-state index >= 15 is 0 Å². The minimum Gasteiger partial charge on any atom is -0.357 e. The Labute approximate surface area is 178 Å². The molecule has 30 heavy (non-hydrogen) atoms. The summed E-state index contributed by atoms with van der Waals surface area (Å²) in [5, 5.41) is 6.97. The molecule has 4 heteroatoms. The number of para-hydroxylation sites is 3. The van der Waals surface area contributed by atoms with Gasteiger partial charge in [0.2, 0.25) is 0 Å². The largest absolute Gasteiger partial charge is 0.357 e. The van der Waals surface area contributed by atoms with Crippen LogP contribution in [0.15, 0.2) is 97.1 Å². The van der Waals surface area contributed by atoms with Gasteiger partial charge in [0.15, 0.2) is 5.13 Å². The lowest BCUT2D eigenvalue weighted by Crippen LogP contribution is -1.98. The molecule has 3 nitrogen and oxygen atoms in total. The van der Waals surface area contributed by atoms with Crippen LogP contribution in [0.5, 0.6) is 0 Å². The molecule has 2 heterocycles. The Kier molecular flexibility index (Phi) is 4.03. The predicted octanol–water partition coefficient (Wildman–Crippen LogP) is 7.01. The third kappa shape index (κ3) is 2.77. The van der Waals surface area contributed by atoms with E-state index in [-0.39, 0.29) is 0 Å². The molecular weight excluding hydrogens is 386 g/mol. The second-order valence-electron chi connectivity index (χ2n) is 7.35. The van der Waals surface area contributed by atoms with Gasteiger partial charge in [-0.15, -0.1) is 0 Å². The summed E-state index contributed by atoms with van der Waals surface area (Å²) in [6.07, 6.45) is 0. The lowest BCUT2D eigenvalue weighted by molar-refractivity contribution is 1.13. The third-order valence-corrected chi connectivity index (χ3v) is 6.48. The normalized spacial score (nSPS) is 11.5. The molecule has 0 spiro atoms. The Bertz CT molecular complexity index is 1440. The fourth-order valence-corrected chi connectivity index (χ4v) is 5.03. The summed E-state index contributed by atoms with van der Waals surface area (Å²) in [6.45, 7) is 0.769. The van der Waals surface area contributed by atoms with Crippen LogP contribution in [0, 0.1) is 0 Å². The van der Waals surface area contributed by atoms with Gasteiger partial charge in [0, 0.05) is 17.3 Å². The number of anilines is 1. The van der Waals surface area contributed by atoms with E-state index < -0.39 is 0 Å². The third-order valence-electron chi connectivity index (χ3n) is 5.51. The topological polar surface area (TPSA) is 29.9 Å². The summed E-state index contributed by atoms with van der Waals surface area (Å²) in [4.78, 5) is 4.98. The molecule has 0 atom stereocenters. The maximum absolute atomic E-state index is 4.98. The predicted molar refractivity (Wildman–Crippen MR) is 128 cm³/mol. The lowest BCUT2D eigenvalue weighted by atomic mass is 10.2. The van der Waals surface area contributed by atoms with Crippen LogP contribution in [0.4, 0.5) is 5.13 Å². The Balaban J connectivity index is 1.51. The zero-order valence-electron chi connectivity index (χ0n) is 16.2. The summed E-state index contributed by atoms with van der Waals surface area (Å²) in [5.41, 5.74) is 5.81. The van der Waals surface area contributed by atoms with Crippen LogP contribution in [0.25, 0.3) is 37.7 Å². The van der Waals surface area contributed by atoms with Gasteiger partial charge in [0.25, 0.3) is 0 Å². The highest BCUT2D eigenvalue weighted by Crippen LogP contribution is 2.36. The number of thiazole rings is 1. The van der Waals surface area contributed by atoms with Gasteiger partial charge in [-0.3, -0.25) is 0 Å². The van der Waals surface area contributed by atoms with Crippen LogP contribution in [0.1, 0.15) is 5.56 Å². The van der Waals surface area contributed by atoms with Gasteiger partial charge >= 0.3 is 0 Å². The lowest BCUT2D eigenvalue weighted by Gasteiger charge is -2.08. The molecule has 0 saturated heterocycles. The first-order valence-corrected chi connectivity index (χ1v) is 10.9. The molecule has 0 amide bonds. The fourth-order valence-electron chi connectivity index (χ4n) is 4.15. The van der Waals surface area contributed by atoms with Gasteiger partial charge < -0.3 is 9.88 Å². The first kappa shape index (κ1) is 17.2. The van der Waals surface area contributed by atoms with Gasteiger partial charge in [0.1, 0.15) is 5.52 Å². The molecule has 6 rings (SSSR count). The molecular formula is C26H19N3S. The number of nitrogens with zero attached hydrogens (tertiary/aromatic N) is 2. The van der Waals surface area contributed by atoms with E-state index in [0.29, 0.717) is 0 Å². The van der Waals surface area contributed by atoms with E-state index in [1.54, 1.807) is 11.3 Å². The van der Waals surface area contributed by atoms with Gasteiger partial charge in [-0.1, -0.05) is 84.1 Å². The Morgan fingerprint density at radius 2 is 1.37 bits per heavy atom. The zero-order valence-corrected chi connectivity index (χ0v) is 17.1. The van der Waals surface area contributed by atoms with Crippen molar-refractivity contribution in [3.63, 3.8) is 0 Å². The van der Waals surface area contributed by atoms with Crippen molar-refractivity contribution in [2.75, 3.05) is 5.32 Å². The smallest absolute Gasteiger partial charge is 0.184 e. The van der Waals surface area contributed by atoms with Crippen molar-refractivity contribution in [1.82, 2.24) is 9.55 Å². The highest BCUT2D eigenvalue weighted by atomic mass is 32.1. The molecule has 6 aromatic rings. The molecule has 144 valence electrons. The van der Waals surface area contributed by atoms with Crippen LogP contribution < -0.4 is 5.32 Å². The van der Waals surface area contributed by atoms with Crippen molar-refractivity contribution in [1.29, 1.82) is 0 Å². The van der Waals surface area contributed by atoms with Crippen LogP contribution in [-0.4, -0.2) is 9.55 Å². The van der Waals surface area contributed by atoms with Crippen LogP contribution >= 0.6 is 11.3 Å². The quantitative estimate of drug-likeness (QED) is 0.342. The van der Waals surface area contributed by atoms with Crippen molar-refractivity contribution in [2.45, 2.75) is 6.54 Å². The number of hydrogen-bond donors (Lipinski definition) is 1. The highest BCUT2D eigenvalue weighted by molar-refractivity contribution is 7.22. The molecule has 0 aliphatic heterocycles. The van der Waals surface area contributed by atoms with E-state index in [2.05, 4.69) is 101 Å². The van der Waals surface area contributed by atoms with Crippen LogP contribution in [0.3, 0.4) is 0 Å². The Morgan fingerprint density at radius 3 is 2.10 bits per heavy atom. The first-order valence-electron chi connectivity index (χ1n) is 10.0. The second-order valence-corrected chi connectivity index (χ2v) is 8.38. The molecule has 0 saturated carbocycles. The minimum atomic E-state index is 0.769. The van der Waals surface area contributed by atoms with Crippen molar-refractivity contribution in [3.8, 4) is 5.69 Å². The van der Waals surface area contributed by atoms with E-state index in [4.69, 9.17) is 4.98 Å². The van der Waals surface area contributed by atoms with E-state index in [9.17, 15) is 0 Å². The Hall–Kier alpha value is -3.63. The SMILES string of the molecule is c1ccc(CNc2nc3c(-n4c5ccccc5c5ccccc54)cccc3s2)cc1. The van der Waals surface area contributed by atoms with Crippen molar-refractivity contribution in [3.05, 3.63) is 103 Å². The zero-order chi connectivity index (χ0) is 19.9. The number of benzene rings is 4. The molecule has 0 radical (unpaired) electrons. The molecule has 4 aromatic carbocycles. The maximum Gasteiger partial charge on any atom is 0.184 e. The maximum atomic E-state index is 4.98. The fraction of sp³-hybridized carbons (Fsp3) is 0.0385. The van der Waals surface area contributed by atoms with Crippen molar-refractivity contribution >= 4 is 48.5 Å². The summed E-state index contributed by atoms with van der Waals surface area (Å²) < 4.78 is 3.53. The van der Waals surface area contributed by atoms with E-state index in [1.807, 2.05) is 6.07 Å². The van der Waals surface area contributed by atoms with Crippen LogP contribution in [0.2, 0.25) is 0 Å². The summed E-state index contributed by atoms with van der Waals surface area (Å²) in [6, 6.07) is 34.1. The monoisotopic (exact) mass is 405 g/mol. The number of nitrogens with one attached hydrogen (secondary N) is 1. The number of rotatable bonds is 4. The van der Waals surface area contributed by atoms with E-state index in [0.717, 1.165) is 22.9 Å². The average Bonchev–Trinajstić information content (AvgIpc) is 3.37. The summed E-state index contributed by atoms with van der Waals surface area (Å²) >= 11 is 1.70. The summed E-state index contributed by atoms with van der Waals surface area (Å²) in [7, 11) is 0. The van der Waals surface area contributed by atoms with Gasteiger partial charge in [0.05, 0.1) is 21.4 Å². The molecule has 0 aliphatic carbocycles. The van der Waals surface area contributed by atoms with Gasteiger partial charge in [-0.05, 0) is 29.8 Å². The minimum absolute atomic E-state index is 0.769. The van der Waals surface area contributed by atoms with Crippen LogP contribution in [-0.2, 0) is 6.54 Å². The molecule has 0 fully saturated rings. The van der Waals surface area contributed by atoms with E-state index in [1.165, 1.54) is 32.1 Å². The molecule has 0 aliphatic rings. The van der Waals surface area contributed by atoms with Crippen molar-refractivity contribution < 1.29 is 0 Å². The summed E-state index contributed by atoms with van der Waals surface area (Å²) in [5.74, 6) is 0. The number of aromatic nitrogens is 2. The van der Waals surface area contributed by atoms with Gasteiger partial charge in [-0.2, -0.15) is 0 Å². The van der Waals surface area contributed by atoms with Gasteiger partial charge in [-0.25, -0.2) is 4.98 Å². The average molecular weight is 406 g/mol. The first-order chi connectivity index (χ1) is 14.9. The number of fused-ring (bicyclic) bond motifs is 4. The standard InChI is InChI=1S/C26H19N3S/c1-2-9-18(10-3-1)17-27-26-28-25-23(15-8-16-24(25)30-26)29-21-13-6-4-11-19(21)20-12-5-7-14-22(20)29/h1-16H,17H2,(H,27,28). The molecule has 0 bridgehead atoms. The second kappa shape index (κ2) is 7.01.